The number of nitrogens with zero attached hydrogens (tertiary/aromatic N) is 1. The second-order valence-electron chi connectivity index (χ2n) is 6.20. The molecular formula is C15H23N3O. The molecule has 1 aliphatic rings. The average molecular weight is 261 g/mol. The van der Waals surface area contributed by atoms with Gasteiger partial charge in [0.15, 0.2) is 0 Å². The molecule has 1 amide bonds. The minimum Gasteiger partial charge on any atom is -0.397 e. The van der Waals surface area contributed by atoms with E-state index >= 15 is 0 Å². The zero-order valence-electron chi connectivity index (χ0n) is 12.0. The summed E-state index contributed by atoms with van der Waals surface area (Å²) >= 11 is 0. The SMILES string of the molecule is Cc1cc(NC(=O)C2CCCCC2(C)C)ncc1N. The van der Waals surface area contributed by atoms with E-state index in [1.54, 1.807) is 6.20 Å². The van der Waals surface area contributed by atoms with Gasteiger partial charge in [0.25, 0.3) is 0 Å². The van der Waals surface area contributed by atoms with Gasteiger partial charge in [-0.25, -0.2) is 4.98 Å². The maximum absolute atomic E-state index is 12.4. The second-order valence-corrected chi connectivity index (χ2v) is 6.20. The van der Waals surface area contributed by atoms with Gasteiger partial charge in [0.05, 0.1) is 11.9 Å². The number of hydrogen-bond acceptors (Lipinski definition) is 3. The fourth-order valence-electron chi connectivity index (χ4n) is 2.83. The standard InChI is InChI=1S/C15H23N3O/c1-10-8-13(17-9-12(10)16)18-14(19)11-6-4-5-7-15(11,2)3/h8-9,11H,4-7,16H2,1-3H3,(H,17,18,19). The van der Waals surface area contributed by atoms with Gasteiger partial charge in [-0.05, 0) is 36.8 Å². The molecule has 3 N–H and O–H groups in total. The lowest BCUT2D eigenvalue weighted by Crippen LogP contribution is -2.37. The number of aromatic nitrogens is 1. The van der Waals surface area contributed by atoms with Crippen molar-refractivity contribution in [1.82, 2.24) is 4.98 Å². The van der Waals surface area contributed by atoms with Gasteiger partial charge in [0.2, 0.25) is 5.91 Å². The molecule has 1 saturated carbocycles. The van der Waals surface area contributed by atoms with Crippen LogP contribution < -0.4 is 11.1 Å². The number of carbonyl (C=O) groups is 1. The summed E-state index contributed by atoms with van der Waals surface area (Å²) in [5.41, 5.74) is 7.39. The fraction of sp³-hybridized carbons (Fsp3) is 0.600. The van der Waals surface area contributed by atoms with Crippen molar-refractivity contribution in [2.75, 3.05) is 11.1 Å². The molecule has 1 aliphatic carbocycles. The number of amides is 1. The van der Waals surface area contributed by atoms with Gasteiger partial charge in [-0.1, -0.05) is 26.7 Å². The Bertz CT molecular complexity index is 482. The van der Waals surface area contributed by atoms with Crippen molar-refractivity contribution in [3.05, 3.63) is 17.8 Å². The van der Waals surface area contributed by atoms with Crippen LogP contribution in [0.5, 0.6) is 0 Å². The predicted octanol–water partition coefficient (Wildman–Crippen LogP) is 3.13. The molecule has 0 aliphatic heterocycles. The quantitative estimate of drug-likeness (QED) is 0.859. The summed E-state index contributed by atoms with van der Waals surface area (Å²) in [6.45, 7) is 6.27. The van der Waals surface area contributed by atoms with Crippen LogP contribution in [-0.2, 0) is 4.79 Å². The Morgan fingerprint density at radius 3 is 2.84 bits per heavy atom. The van der Waals surface area contributed by atoms with Crippen molar-refractivity contribution < 1.29 is 4.79 Å². The molecule has 4 heteroatoms. The molecule has 0 saturated heterocycles. The number of aryl methyl sites for hydroxylation is 1. The largest absolute Gasteiger partial charge is 0.397 e. The number of nitrogen functional groups attached to an aromatic ring is 1. The summed E-state index contributed by atoms with van der Waals surface area (Å²) < 4.78 is 0. The Morgan fingerprint density at radius 2 is 2.21 bits per heavy atom. The monoisotopic (exact) mass is 261 g/mol. The lowest BCUT2D eigenvalue weighted by atomic mass is 9.68. The van der Waals surface area contributed by atoms with Gasteiger partial charge in [0.1, 0.15) is 5.82 Å². The number of rotatable bonds is 2. The molecule has 1 aromatic heterocycles. The lowest BCUT2D eigenvalue weighted by Gasteiger charge is -2.37. The van der Waals surface area contributed by atoms with Gasteiger partial charge in [-0.2, -0.15) is 0 Å². The van der Waals surface area contributed by atoms with Gasteiger partial charge in [-0.3, -0.25) is 4.79 Å². The smallest absolute Gasteiger partial charge is 0.229 e. The van der Waals surface area contributed by atoms with E-state index in [2.05, 4.69) is 24.1 Å². The van der Waals surface area contributed by atoms with E-state index in [1.807, 2.05) is 13.0 Å². The number of nitrogens with one attached hydrogen (secondary N) is 1. The molecule has 0 bridgehead atoms. The van der Waals surface area contributed by atoms with Gasteiger partial charge < -0.3 is 11.1 Å². The van der Waals surface area contributed by atoms with Crippen molar-refractivity contribution in [3.63, 3.8) is 0 Å². The third-order valence-electron chi connectivity index (χ3n) is 4.23. The Morgan fingerprint density at radius 1 is 1.47 bits per heavy atom. The summed E-state index contributed by atoms with van der Waals surface area (Å²) in [7, 11) is 0. The van der Waals surface area contributed by atoms with Gasteiger partial charge in [0, 0.05) is 5.92 Å². The minimum absolute atomic E-state index is 0.0703. The molecule has 4 nitrogen and oxygen atoms in total. The molecule has 1 fully saturated rings. The summed E-state index contributed by atoms with van der Waals surface area (Å²) in [6, 6.07) is 1.82. The van der Waals surface area contributed by atoms with E-state index < -0.39 is 0 Å². The molecule has 1 heterocycles. The molecule has 1 atom stereocenters. The van der Waals surface area contributed by atoms with Crippen LogP contribution in [0.4, 0.5) is 11.5 Å². The zero-order valence-corrected chi connectivity index (χ0v) is 12.0. The van der Waals surface area contributed by atoms with Crippen LogP contribution in [0.2, 0.25) is 0 Å². The van der Waals surface area contributed by atoms with Crippen molar-refractivity contribution in [3.8, 4) is 0 Å². The van der Waals surface area contributed by atoms with Gasteiger partial charge >= 0.3 is 0 Å². The van der Waals surface area contributed by atoms with Gasteiger partial charge in [-0.15, -0.1) is 0 Å². The first-order valence-electron chi connectivity index (χ1n) is 6.93. The summed E-state index contributed by atoms with van der Waals surface area (Å²) in [6.07, 6.45) is 6.02. The molecule has 0 radical (unpaired) electrons. The highest BCUT2D eigenvalue weighted by atomic mass is 16.2. The third kappa shape index (κ3) is 3.06. The molecule has 0 aromatic carbocycles. The second kappa shape index (κ2) is 5.19. The van der Waals surface area contributed by atoms with Crippen LogP contribution in [-0.4, -0.2) is 10.9 Å². The van der Waals surface area contributed by atoms with E-state index in [0.717, 1.165) is 24.8 Å². The number of carbonyl (C=O) groups excluding carboxylic acids is 1. The van der Waals surface area contributed by atoms with Crippen LogP contribution >= 0.6 is 0 Å². The first kappa shape index (κ1) is 13.8. The lowest BCUT2D eigenvalue weighted by molar-refractivity contribution is -0.124. The van der Waals surface area contributed by atoms with Crippen LogP contribution in [0, 0.1) is 18.3 Å². The fourth-order valence-corrected chi connectivity index (χ4v) is 2.83. The first-order valence-corrected chi connectivity index (χ1v) is 6.93. The predicted molar refractivity (Wildman–Crippen MR) is 77.8 cm³/mol. The molecular weight excluding hydrogens is 238 g/mol. The molecule has 1 unspecified atom stereocenters. The highest BCUT2D eigenvalue weighted by Gasteiger charge is 2.37. The van der Waals surface area contributed by atoms with Crippen LogP contribution in [0.15, 0.2) is 12.3 Å². The summed E-state index contributed by atoms with van der Waals surface area (Å²) in [4.78, 5) is 16.6. The Labute approximate surface area is 114 Å². The summed E-state index contributed by atoms with van der Waals surface area (Å²) in [5.74, 6) is 0.750. The van der Waals surface area contributed by atoms with Crippen molar-refractivity contribution >= 4 is 17.4 Å². The number of pyridine rings is 1. The molecule has 19 heavy (non-hydrogen) atoms. The number of anilines is 2. The highest BCUT2D eigenvalue weighted by Crippen LogP contribution is 2.40. The van der Waals surface area contributed by atoms with Crippen molar-refractivity contribution in [2.45, 2.75) is 46.5 Å². The molecule has 2 rings (SSSR count). The number of nitrogens with two attached hydrogens (primary N) is 1. The van der Waals surface area contributed by atoms with E-state index in [-0.39, 0.29) is 17.2 Å². The van der Waals surface area contributed by atoms with E-state index in [0.29, 0.717) is 11.5 Å². The molecule has 104 valence electrons. The Hall–Kier alpha value is -1.58. The van der Waals surface area contributed by atoms with Crippen LogP contribution in [0.3, 0.4) is 0 Å². The summed E-state index contributed by atoms with van der Waals surface area (Å²) in [5, 5.41) is 2.93. The van der Waals surface area contributed by atoms with Crippen LogP contribution in [0.25, 0.3) is 0 Å². The molecule has 1 aromatic rings. The minimum atomic E-state index is 0.0703. The highest BCUT2D eigenvalue weighted by molar-refractivity contribution is 5.92. The van der Waals surface area contributed by atoms with Crippen molar-refractivity contribution in [1.29, 1.82) is 0 Å². The molecule has 0 spiro atoms. The maximum atomic E-state index is 12.4. The van der Waals surface area contributed by atoms with Crippen molar-refractivity contribution in [2.24, 2.45) is 11.3 Å². The first-order chi connectivity index (χ1) is 8.90. The zero-order chi connectivity index (χ0) is 14.0. The van der Waals surface area contributed by atoms with Crippen LogP contribution in [0.1, 0.15) is 45.1 Å². The van der Waals surface area contributed by atoms with E-state index in [9.17, 15) is 4.79 Å². The Balaban J connectivity index is 2.09. The topological polar surface area (TPSA) is 68.0 Å². The Kier molecular flexibility index (Phi) is 3.78. The maximum Gasteiger partial charge on any atom is 0.229 e. The third-order valence-corrected chi connectivity index (χ3v) is 4.23. The van der Waals surface area contributed by atoms with E-state index in [1.165, 1.54) is 6.42 Å². The number of hydrogen-bond donors (Lipinski definition) is 2. The average Bonchev–Trinajstić information content (AvgIpc) is 2.33. The normalized spacial score (nSPS) is 21.9. The van der Waals surface area contributed by atoms with E-state index in [4.69, 9.17) is 5.73 Å².